The first kappa shape index (κ1) is 13.4. The van der Waals surface area contributed by atoms with Crippen molar-refractivity contribution in [2.75, 3.05) is 0 Å². The van der Waals surface area contributed by atoms with Crippen LogP contribution in [0.5, 0.6) is 5.88 Å². The zero-order valence-corrected chi connectivity index (χ0v) is 11.8. The Balaban J connectivity index is 1.47. The topological polar surface area (TPSA) is 51.2 Å². The molecule has 0 atom stereocenters. The van der Waals surface area contributed by atoms with E-state index in [1.807, 2.05) is 12.1 Å². The molecule has 0 saturated heterocycles. The average molecular weight is 274 g/mol. The summed E-state index contributed by atoms with van der Waals surface area (Å²) >= 11 is 0. The maximum absolute atomic E-state index is 11.6. The van der Waals surface area contributed by atoms with E-state index in [0.29, 0.717) is 18.5 Å². The van der Waals surface area contributed by atoms with Gasteiger partial charge in [-0.1, -0.05) is 12.5 Å². The van der Waals surface area contributed by atoms with Gasteiger partial charge in [-0.25, -0.2) is 4.98 Å². The van der Waals surface area contributed by atoms with Crippen LogP contribution in [0.2, 0.25) is 0 Å². The van der Waals surface area contributed by atoms with Crippen molar-refractivity contribution in [3.05, 3.63) is 23.9 Å². The van der Waals surface area contributed by atoms with Crippen molar-refractivity contribution in [1.82, 2.24) is 10.3 Å². The Morgan fingerprint density at radius 1 is 1.20 bits per heavy atom. The number of pyridine rings is 1. The number of aromatic nitrogens is 1. The Morgan fingerprint density at radius 3 is 2.65 bits per heavy atom. The zero-order valence-electron chi connectivity index (χ0n) is 11.8. The molecular weight excluding hydrogens is 252 g/mol. The number of ether oxygens (including phenoxy) is 1. The Hall–Kier alpha value is -1.58. The van der Waals surface area contributed by atoms with Crippen LogP contribution in [0.25, 0.3) is 0 Å². The molecule has 1 aromatic rings. The molecule has 1 N–H and O–H groups in total. The Labute approximate surface area is 119 Å². The SMILES string of the molecule is O=C(NCc1ccc(OC2CCCCC2)nc1)C1CC1. The van der Waals surface area contributed by atoms with E-state index in [0.717, 1.165) is 31.2 Å². The molecule has 0 unspecified atom stereocenters. The lowest BCUT2D eigenvalue weighted by molar-refractivity contribution is -0.122. The molecule has 3 rings (SSSR count). The third kappa shape index (κ3) is 3.71. The van der Waals surface area contributed by atoms with Crippen molar-refractivity contribution >= 4 is 5.91 Å². The van der Waals surface area contributed by atoms with Crippen molar-refractivity contribution in [2.24, 2.45) is 5.92 Å². The molecule has 4 nitrogen and oxygen atoms in total. The molecule has 2 saturated carbocycles. The lowest BCUT2D eigenvalue weighted by Gasteiger charge is -2.22. The number of carbonyl (C=O) groups is 1. The molecule has 0 aliphatic heterocycles. The highest BCUT2D eigenvalue weighted by Gasteiger charge is 2.29. The zero-order chi connectivity index (χ0) is 13.8. The number of hydrogen-bond acceptors (Lipinski definition) is 3. The van der Waals surface area contributed by atoms with Crippen LogP contribution in [0.15, 0.2) is 18.3 Å². The number of amides is 1. The van der Waals surface area contributed by atoms with Gasteiger partial charge in [0.15, 0.2) is 0 Å². The van der Waals surface area contributed by atoms with E-state index >= 15 is 0 Å². The number of rotatable bonds is 5. The van der Waals surface area contributed by atoms with E-state index in [9.17, 15) is 4.79 Å². The van der Waals surface area contributed by atoms with Gasteiger partial charge >= 0.3 is 0 Å². The fraction of sp³-hybridized carbons (Fsp3) is 0.625. The summed E-state index contributed by atoms with van der Waals surface area (Å²) in [6.07, 6.45) is 10.3. The Kier molecular flexibility index (Phi) is 4.19. The van der Waals surface area contributed by atoms with Crippen LogP contribution in [-0.2, 0) is 11.3 Å². The summed E-state index contributed by atoms with van der Waals surface area (Å²) in [5.41, 5.74) is 1.02. The van der Waals surface area contributed by atoms with Crippen molar-refractivity contribution in [3.8, 4) is 5.88 Å². The molecule has 0 radical (unpaired) electrons. The van der Waals surface area contributed by atoms with Crippen LogP contribution in [0.4, 0.5) is 0 Å². The van der Waals surface area contributed by atoms with Gasteiger partial charge in [-0.15, -0.1) is 0 Å². The van der Waals surface area contributed by atoms with E-state index in [-0.39, 0.29) is 11.8 Å². The maximum atomic E-state index is 11.6. The predicted molar refractivity (Wildman–Crippen MR) is 76.3 cm³/mol. The van der Waals surface area contributed by atoms with Crippen molar-refractivity contribution in [3.63, 3.8) is 0 Å². The van der Waals surface area contributed by atoms with Gasteiger partial charge in [0.2, 0.25) is 11.8 Å². The summed E-state index contributed by atoms with van der Waals surface area (Å²) in [7, 11) is 0. The van der Waals surface area contributed by atoms with E-state index < -0.39 is 0 Å². The van der Waals surface area contributed by atoms with E-state index in [2.05, 4.69) is 10.3 Å². The van der Waals surface area contributed by atoms with Crippen molar-refractivity contribution < 1.29 is 9.53 Å². The minimum absolute atomic E-state index is 0.174. The molecule has 2 fully saturated rings. The van der Waals surface area contributed by atoms with Gasteiger partial charge in [0, 0.05) is 24.7 Å². The largest absolute Gasteiger partial charge is 0.474 e. The number of hydrogen-bond donors (Lipinski definition) is 1. The van der Waals surface area contributed by atoms with Gasteiger partial charge in [-0.2, -0.15) is 0 Å². The molecule has 0 bridgehead atoms. The van der Waals surface area contributed by atoms with Crippen LogP contribution >= 0.6 is 0 Å². The first-order valence-electron chi connectivity index (χ1n) is 7.70. The Bertz CT molecular complexity index is 448. The highest BCUT2D eigenvalue weighted by molar-refractivity contribution is 5.80. The molecule has 0 aromatic carbocycles. The molecule has 20 heavy (non-hydrogen) atoms. The summed E-state index contributed by atoms with van der Waals surface area (Å²) in [6, 6.07) is 3.89. The first-order valence-corrected chi connectivity index (χ1v) is 7.70. The predicted octanol–water partition coefficient (Wildman–Crippen LogP) is 2.82. The van der Waals surface area contributed by atoms with Crippen LogP contribution in [0, 0.1) is 5.92 Å². The lowest BCUT2D eigenvalue weighted by Crippen LogP contribution is -2.24. The summed E-state index contributed by atoms with van der Waals surface area (Å²) in [5, 5.41) is 2.94. The minimum Gasteiger partial charge on any atom is -0.474 e. The Morgan fingerprint density at radius 2 is 2.00 bits per heavy atom. The van der Waals surface area contributed by atoms with Crippen molar-refractivity contribution in [1.29, 1.82) is 0 Å². The highest BCUT2D eigenvalue weighted by atomic mass is 16.5. The van der Waals surface area contributed by atoms with Crippen LogP contribution in [0.3, 0.4) is 0 Å². The van der Waals surface area contributed by atoms with E-state index in [4.69, 9.17) is 4.74 Å². The summed E-state index contributed by atoms with van der Waals surface area (Å²) in [5.74, 6) is 1.14. The molecule has 2 aliphatic rings. The number of nitrogens with zero attached hydrogens (tertiary/aromatic N) is 1. The summed E-state index contributed by atoms with van der Waals surface area (Å²) in [6.45, 7) is 0.562. The number of carbonyl (C=O) groups excluding carboxylic acids is 1. The van der Waals surface area contributed by atoms with E-state index in [1.54, 1.807) is 6.20 Å². The summed E-state index contributed by atoms with van der Waals surface area (Å²) < 4.78 is 5.89. The van der Waals surface area contributed by atoms with Gasteiger partial charge in [0.1, 0.15) is 6.10 Å². The minimum atomic E-state index is 0.174. The second kappa shape index (κ2) is 6.25. The third-order valence-electron chi connectivity index (χ3n) is 4.05. The molecule has 0 spiro atoms. The fourth-order valence-corrected chi connectivity index (χ4v) is 2.62. The maximum Gasteiger partial charge on any atom is 0.223 e. The van der Waals surface area contributed by atoms with E-state index in [1.165, 1.54) is 19.3 Å². The molecule has 2 aliphatic carbocycles. The van der Waals surface area contributed by atoms with Gasteiger partial charge < -0.3 is 10.1 Å². The van der Waals surface area contributed by atoms with Crippen molar-refractivity contribution in [2.45, 2.75) is 57.6 Å². The highest BCUT2D eigenvalue weighted by Crippen LogP contribution is 2.28. The molecule has 4 heteroatoms. The molecule has 1 amide bonds. The quantitative estimate of drug-likeness (QED) is 0.898. The average Bonchev–Trinajstić information content (AvgIpc) is 3.32. The fourth-order valence-electron chi connectivity index (χ4n) is 2.62. The van der Waals surface area contributed by atoms with Crippen LogP contribution in [0.1, 0.15) is 50.5 Å². The molecule has 108 valence electrons. The second-order valence-electron chi connectivity index (χ2n) is 5.87. The van der Waals surface area contributed by atoms with Gasteiger partial charge in [-0.05, 0) is 44.1 Å². The van der Waals surface area contributed by atoms with Gasteiger partial charge in [0.25, 0.3) is 0 Å². The molecular formula is C16H22N2O2. The standard InChI is InChI=1S/C16H22N2O2/c19-16(13-7-8-13)18-11-12-6-9-15(17-10-12)20-14-4-2-1-3-5-14/h6,9-10,13-14H,1-5,7-8,11H2,(H,18,19). The van der Waals surface area contributed by atoms with Gasteiger partial charge in [-0.3, -0.25) is 4.79 Å². The normalized spacial score (nSPS) is 19.6. The van der Waals surface area contributed by atoms with Crippen LogP contribution < -0.4 is 10.1 Å². The van der Waals surface area contributed by atoms with Crippen LogP contribution in [-0.4, -0.2) is 17.0 Å². The first-order chi connectivity index (χ1) is 9.81. The lowest BCUT2D eigenvalue weighted by atomic mass is 9.98. The monoisotopic (exact) mass is 274 g/mol. The third-order valence-corrected chi connectivity index (χ3v) is 4.05. The summed E-state index contributed by atoms with van der Waals surface area (Å²) in [4.78, 5) is 15.9. The molecule has 1 aromatic heterocycles. The second-order valence-corrected chi connectivity index (χ2v) is 5.87. The number of nitrogens with one attached hydrogen (secondary N) is 1. The smallest absolute Gasteiger partial charge is 0.223 e. The molecule has 1 heterocycles. The van der Waals surface area contributed by atoms with Gasteiger partial charge in [0.05, 0.1) is 0 Å².